The molecule has 164 valence electrons. The van der Waals surface area contributed by atoms with Gasteiger partial charge in [0, 0.05) is 24.4 Å². The zero-order valence-corrected chi connectivity index (χ0v) is 19.1. The number of rotatable bonds is 12. The van der Waals surface area contributed by atoms with Crippen LogP contribution in [0.2, 0.25) is 0 Å². The Hall–Kier alpha value is -2.21. The number of hydrogen-bond donors (Lipinski definition) is 0. The van der Waals surface area contributed by atoms with Crippen LogP contribution in [0, 0.1) is 11.7 Å². The summed E-state index contributed by atoms with van der Waals surface area (Å²) < 4.78 is 13.3. The van der Waals surface area contributed by atoms with Gasteiger partial charge in [0.15, 0.2) is 0 Å². The van der Waals surface area contributed by atoms with Gasteiger partial charge in [-0.05, 0) is 41.5 Å². The molecule has 0 unspecified atom stereocenters. The zero-order chi connectivity index (χ0) is 21.9. The van der Waals surface area contributed by atoms with Gasteiger partial charge in [-0.25, -0.2) is 4.39 Å². The molecule has 0 fully saturated rings. The average Bonchev–Trinajstić information content (AvgIpc) is 3.21. The van der Waals surface area contributed by atoms with E-state index >= 15 is 0 Å². The molecule has 1 heterocycles. The molecule has 0 N–H and O–H groups in total. The van der Waals surface area contributed by atoms with E-state index in [1.54, 1.807) is 33.3 Å². The largest absolute Gasteiger partial charge is 0.333 e. The normalized spacial score (nSPS) is 11.0. The first-order chi connectivity index (χ1) is 14.4. The summed E-state index contributed by atoms with van der Waals surface area (Å²) in [5, 5.41) is 1.98. The van der Waals surface area contributed by atoms with Crippen molar-refractivity contribution < 1.29 is 14.0 Å². The number of unbranched alkanes of at least 4 members (excludes halogenated alkanes) is 2. The Labute approximate surface area is 183 Å². The molecule has 0 spiro atoms. The van der Waals surface area contributed by atoms with Crippen molar-refractivity contribution in [2.75, 3.05) is 13.1 Å². The van der Waals surface area contributed by atoms with Gasteiger partial charge < -0.3 is 9.80 Å². The molecular formula is C24H33FN2O2S. The quantitative estimate of drug-likeness (QED) is 0.417. The maximum Gasteiger partial charge on any atom is 0.242 e. The molecule has 2 rings (SSSR count). The van der Waals surface area contributed by atoms with Crippen molar-refractivity contribution in [3.05, 3.63) is 58.0 Å². The van der Waals surface area contributed by atoms with Crippen molar-refractivity contribution in [2.45, 2.75) is 59.5 Å². The summed E-state index contributed by atoms with van der Waals surface area (Å²) in [7, 11) is 0. The second kappa shape index (κ2) is 12.5. The van der Waals surface area contributed by atoms with Crippen molar-refractivity contribution in [2.24, 2.45) is 5.92 Å². The minimum absolute atomic E-state index is 0.0448. The molecular weight excluding hydrogens is 399 g/mol. The number of hydrogen-bond acceptors (Lipinski definition) is 3. The first-order valence-electron chi connectivity index (χ1n) is 10.7. The highest BCUT2D eigenvalue weighted by atomic mass is 32.1. The highest BCUT2D eigenvalue weighted by Crippen LogP contribution is 2.16. The molecule has 0 aliphatic rings. The van der Waals surface area contributed by atoms with Crippen LogP contribution in [0.15, 0.2) is 41.8 Å². The van der Waals surface area contributed by atoms with Crippen LogP contribution in [0.1, 0.15) is 56.9 Å². The predicted octanol–water partition coefficient (Wildman–Crippen LogP) is 5.48. The fourth-order valence-corrected chi connectivity index (χ4v) is 4.00. The van der Waals surface area contributed by atoms with Gasteiger partial charge in [-0.1, -0.05) is 51.8 Å². The van der Waals surface area contributed by atoms with Crippen molar-refractivity contribution in [1.29, 1.82) is 0 Å². The summed E-state index contributed by atoms with van der Waals surface area (Å²) >= 11 is 1.60. The van der Waals surface area contributed by atoms with Gasteiger partial charge in [-0.2, -0.15) is 0 Å². The summed E-state index contributed by atoms with van der Waals surface area (Å²) in [4.78, 5) is 30.5. The summed E-state index contributed by atoms with van der Waals surface area (Å²) in [5.41, 5.74) is 0.867. The Morgan fingerprint density at radius 3 is 2.33 bits per heavy atom. The maximum absolute atomic E-state index is 13.3. The van der Waals surface area contributed by atoms with Crippen LogP contribution in [0.25, 0.3) is 0 Å². The summed E-state index contributed by atoms with van der Waals surface area (Å²) in [5.74, 6) is -0.0491. The minimum Gasteiger partial charge on any atom is -0.333 e. The van der Waals surface area contributed by atoms with Crippen LogP contribution in [-0.4, -0.2) is 34.7 Å². The lowest BCUT2D eigenvalue weighted by molar-refractivity contribution is -0.141. The fraction of sp³-hybridized carbons (Fsp3) is 0.500. The van der Waals surface area contributed by atoms with E-state index in [1.807, 2.05) is 17.5 Å². The van der Waals surface area contributed by atoms with Crippen LogP contribution in [0.3, 0.4) is 0 Å². The number of carbonyl (C=O) groups is 2. The van der Waals surface area contributed by atoms with E-state index in [0.29, 0.717) is 26.1 Å². The van der Waals surface area contributed by atoms with Gasteiger partial charge in [0.05, 0.1) is 13.1 Å². The Morgan fingerprint density at radius 1 is 1.00 bits per heavy atom. The Morgan fingerprint density at radius 2 is 1.73 bits per heavy atom. The summed E-state index contributed by atoms with van der Waals surface area (Å²) in [6, 6.07) is 10.2. The minimum atomic E-state index is -0.296. The van der Waals surface area contributed by atoms with Crippen molar-refractivity contribution in [3.8, 4) is 0 Å². The summed E-state index contributed by atoms with van der Waals surface area (Å²) in [6.07, 6.45) is 3.41. The van der Waals surface area contributed by atoms with Crippen LogP contribution >= 0.6 is 11.3 Å². The summed E-state index contributed by atoms with van der Waals surface area (Å²) in [6.45, 7) is 7.73. The number of nitrogens with zero attached hydrogens (tertiary/aromatic N) is 2. The van der Waals surface area contributed by atoms with Crippen molar-refractivity contribution >= 4 is 23.2 Å². The van der Waals surface area contributed by atoms with Gasteiger partial charge in [0.1, 0.15) is 5.82 Å². The molecule has 0 aliphatic carbocycles. The van der Waals surface area contributed by atoms with Crippen LogP contribution in [0.4, 0.5) is 4.39 Å². The van der Waals surface area contributed by atoms with E-state index in [4.69, 9.17) is 0 Å². The molecule has 0 radical (unpaired) electrons. The third kappa shape index (κ3) is 8.27. The molecule has 0 atom stereocenters. The van der Waals surface area contributed by atoms with Crippen molar-refractivity contribution in [3.63, 3.8) is 0 Å². The highest BCUT2D eigenvalue weighted by Gasteiger charge is 2.22. The molecule has 2 amide bonds. The van der Waals surface area contributed by atoms with Gasteiger partial charge in [-0.15, -0.1) is 11.3 Å². The van der Waals surface area contributed by atoms with E-state index in [2.05, 4.69) is 20.8 Å². The van der Waals surface area contributed by atoms with E-state index in [-0.39, 0.29) is 30.1 Å². The smallest absolute Gasteiger partial charge is 0.242 e. The second-order valence-electron chi connectivity index (χ2n) is 8.08. The number of benzene rings is 1. The number of carbonyl (C=O) groups excluding carboxylic acids is 2. The van der Waals surface area contributed by atoms with E-state index in [9.17, 15) is 14.0 Å². The van der Waals surface area contributed by atoms with E-state index in [0.717, 1.165) is 29.7 Å². The molecule has 0 aliphatic heterocycles. The van der Waals surface area contributed by atoms with Gasteiger partial charge in [0.2, 0.25) is 11.8 Å². The maximum atomic E-state index is 13.3. The van der Waals surface area contributed by atoms with Crippen LogP contribution in [0.5, 0.6) is 0 Å². The zero-order valence-electron chi connectivity index (χ0n) is 18.3. The Bertz CT molecular complexity index is 775. The van der Waals surface area contributed by atoms with Gasteiger partial charge in [-0.3, -0.25) is 9.59 Å². The lowest BCUT2D eigenvalue weighted by Gasteiger charge is -2.29. The van der Waals surface area contributed by atoms with Crippen LogP contribution in [-0.2, 0) is 22.7 Å². The average molecular weight is 433 g/mol. The SMILES string of the molecule is CCCCCC(=O)N(CC(=O)N(Cc1ccc(F)cc1)Cc1cccs1)CC(C)C. The topological polar surface area (TPSA) is 40.6 Å². The first-order valence-corrected chi connectivity index (χ1v) is 11.6. The molecule has 30 heavy (non-hydrogen) atoms. The highest BCUT2D eigenvalue weighted by molar-refractivity contribution is 7.09. The number of amides is 2. The van der Waals surface area contributed by atoms with Crippen molar-refractivity contribution in [1.82, 2.24) is 9.80 Å². The molecule has 4 nitrogen and oxygen atoms in total. The van der Waals surface area contributed by atoms with Gasteiger partial charge >= 0.3 is 0 Å². The monoisotopic (exact) mass is 432 g/mol. The lowest BCUT2D eigenvalue weighted by Crippen LogP contribution is -2.43. The fourth-order valence-electron chi connectivity index (χ4n) is 3.28. The first kappa shape index (κ1) is 24.1. The molecule has 0 bridgehead atoms. The second-order valence-corrected chi connectivity index (χ2v) is 9.11. The van der Waals surface area contributed by atoms with Gasteiger partial charge in [0.25, 0.3) is 0 Å². The molecule has 2 aromatic rings. The standard InChI is InChI=1S/C24H33FN2O2S/c1-4-5-6-9-23(28)26(15-19(2)3)18-24(29)27(17-22-8-7-14-30-22)16-20-10-12-21(25)13-11-20/h7-8,10-14,19H,4-6,9,15-18H2,1-3H3. The molecule has 1 aromatic heterocycles. The molecule has 6 heteroatoms. The molecule has 0 saturated carbocycles. The Kier molecular flexibility index (Phi) is 10.0. The van der Waals surface area contributed by atoms with Crippen LogP contribution < -0.4 is 0 Å². The number of thiophene rings is 1. The predicted molar refractivity (Wildman–Crippen MR) is 121 cm³/mol. The Balaban J connectivity index is 2.12. The molecule has 0 saturated heterocycles. The third-order valence-corrected chi connectivity index (χ3v) is 5.69. The lowest BCUT2D eigenvalue weighted by atomic mass is 10.1. The van der Waals surface area contributed by atoms with E-state index < -0.39 is 0 Å². The number of halogens is 1. The molecule has 1 aromatic carbocycles. The van der Waals surface area contributed by atoms with E-state index in [1.165, 1.54) is 12.1 Å². The third-order valence-electron chi connectivity index (χ3n) is 4.82.